The molecular weight excluding hydrogens is 211 g/mol. The lowest BCUT2D eigenvalue weighted by molar-refractivity contribution is -0.280. The van der Waals surface area contributed by atoms with Crippen molar-refractivity contribution in [1.29, 1.82) is 0 Å². The summed E-state index contributed by atoms with van der Waals surface area (Å²) in [5, 5.41) is 9.63. The van der Waals surface area contributed by atoms with Crippen LogP contribution in [0.1, 0.15) is 19.1 Å². The molecule has 15 heavy (non-hydrogen) atoms. The summed E-state index contributed by atoms with van der Waals surface area (Å²) in [7, 11) is 0. The van der Waals surface area contributed by atoms with Crippen LogP contribution < -0.4 is 5.73 Å². The SMILES string of the molecule is CCC(N)C(O)(c1ccco1)C(F)(F)F. The molecule has 0 radical (unpaired) electrons. The Morgan fingerprint density at radius 1 is 1.53 bits per heavy atom. The van der Waals surface area contributed by atoms with Crippen molar-refractivity contribution in [3.05, 3.63) is 24.2 Å². The van der Waals surface area contributed by atoms with Gasteiger partial charge in [-0.15, -0.1) is 0 Å². The molecule has 3 nitrogen and oxygen atoms in total. The first-order valence-electron chi connectivity index (χ1n) is 4.42. The van der Waals surface area contributed by atoms with Crippen molar-refractivity contribution in [2.45, 2.75) is 31.2 Å². The fourth-order valence-electron chi connectivity index (χ4n) is 1.32. The van der Waals surface area contributed by atoms with Crippen molar-refractivity contribution in [2.75, 3.05) is 0 Å². The number of rotatable bonds is 3. The lowest BCUT2D eigenvalue weighted by atomic mass is 9.89. The van der Waals surface area contributed by atoms with E-state index in [-0.39, 0.29) is 6.42 Å². The Morgan fingerprint density at radius 2 is 2.13 bits per heavy atom. The van der Waals surface area contributed by atoms with Crippen LogP contribution in [0.2, 0.25) is 0 Å². The van der Waals surface area contributed by atoms with Gasteiger partial charge in [0, 0.05) is 6.04 Å². The maximum absolute atomic E-state index is 12.7. The molecule has 1 heterocycles. The van der Waals surface area contributed by atoms with Crippen LogP contribution in [-0.4, -0.2) is 17.3 Å². The van der Waals surface area contributed by atoms with Crippen LogP contribution in [0.25, 0.3) is 0 Å². The fraction of sp³-hybridized carbons (Fsp3) is 0.556. The molecule has 0 aromatic carbocycles. The number of nitrogens with two attached hydrogens (primary N) is 1. The van der Waals surface area contributed by atoms with Crippen molar-refractivity contribution < 1.29 is 22.7 Å². The Kier molecular flexibility index (Phi) is 3.11. The number of hydrogen-bond acceptors (Lipinski definition) is 3. The van der Waals surface area contributed by atoms with E-state index in [0.717, 1.165) is 12.3 Å². The average molecular weight is 223 g/mol. The van der Waals surface area contributed by atoms with Gasteiger partial charge in [-0.05, 0) is 18.6 Å². The molecule has 0 aliphatic rings. The zero-order chi connectivity index (χ0) is 11.7. The third-order valence-electron chi connectivity index (χ3n) is 2.31. The van der Waals surface area contributed by atoms with Crippen molar-refractivity contribution in [3.63, 3.8) is 0 Å². The predicted octanol–water partition coefficient (Wildman–Crippen LogP) is 1.77. The van der Waals surface area contributed by atoms with Crippen LogP contribution in [0.4, 0.5) is 13.2 Å². The molecule has 0 spiro atoms. The highest BCUT2D eigenvalue weighted by atomic mass is 19.4. The van der Waals surface area contributed by atoms with Gasteiger partial charge < -0.3 is 15.3 Å². The monoisotopic (exact) mass is 223 g/mol. The van der Waals surface area contributed by atoms with Crippen LogP contribution in [0.3, 0.4) is 0 Å². The largest absolute Gasteiger partial charge is 0.466 e. The molecule has 3 N–H and O–H groups in total. The Labute approximate surface area is 84.7 Å². The molecule has 1 aromatic heterocycles. The topological polar surface area (TPSA) is 59.4 Å². The van der Waals surface area contributed by atoms with Crippen molar-refractivity contribution in [3.8, 4) is 0 Å². The summed E-state index contributed by atoms with van der Waals surface area (Å²) in [6.07, 6.45) is -3.81. The summed E-state index contributed by atoms with van der Waals surface area (Å²) < 4.78 is 42.7. The Hall–Kier alpha value is -1.01. The molecular formula is C9H12F3NO2. The number of furan rings is 1. The second kappa shape index (κ2) is 3.86. The highest BCUT2D eigenvalue weighted by molar-refractivity contribution is 5.15. The summed E-state index contributed by atoms with van der Waals surface area (Å²) in [4.78, 5) is 0. The molecule has 1 aromatic rings. The number of alkyl halides is 3. The van der Waals surface area contributed by atoms with Gasteiger partial charge in [0.2, 0.25) is 5.60 Å². The fourth-order valence-corrected chi connectivity index (χ4v) is 1.32. The van der Waals surface area contributed by atoms with Crippen LogP contribution in [0.15, 0.2) is 22.8 Å². The maximum atomic E-state index is 12.7. The summed E-state index contributed by atoms with van der Waals surface area (Å²) in [5.74, 6) is -0.579. The quantitative estimate of drug-likeness (QED) is 0.820. The molecule has 2 atom stereocenters. The molecule has 6 heteroatoms. The number of aliphatic hydroxyl groups is 1. The minimum absolute atomic E-state index is 0.0172. The molecule has 2 unspecified atom stereocenters. The minimum atomic E-state index is -4.86. The van der Waals surface area contributed by atoms with Crippen LogP contribution >= 0.6 is 0 Å². The highest BCUT2D eigenvalue weighted by Crippen LogP contribution is 2.41. The third-order valence-corrected chi connectivity index (χ3v) is 2.31. The van der Waals surface area contributed by atoms with Crippen molar-refractivity contribution >= 4 is 0 Å². The standard InChI is InChI=1S/C9H12F3NO2/c1-2-6(13)8(14,9(10,11)12)7-4-3-5-15-7/h3-6,14H,2,13H2,1H3. The van der Waals surface area contributed by atoms with Gasteiger partial charge in [-0.2, -0.15) is 13.2 Å². The zero-order valence-corrected chi connectivity index (χ0v) is 8.08. The smallest absolute Gasteiger partial charge is 0.426 e. The zero-order valence-electron chi connectivity index (χ0n) is 8.08. The summed E-state index contributed by atoms with van der Waals surface area (Å²) >= 11 is 0. The Balaban J connectivity index is 3.19. The van der Waals surface area contributed by atoms with E-state index in [1.54, 1.807) is 0 Å². The summed E-state index contributed by atoms with van der Waals surface area (Å²) in [5.41, 5.74) is 2.18. The van der Waals surface area contributed by atoms with E-state index in [0.29, 0.717) is 0 Å². The van der Waals surface area contributed by atoms with Gasteiger partial charge in [0.1, 0.15) is 5.76 Å². The van der Waals surface area contributed by atoms with E-state index in [1.807, 2.05) is 0 Å². The van der Waals surface area contributed by atoms with E-state index in [1.165, 1.54) is 13.0 Å². The molecule has 0 fully saturated rings. The average Bonchev–Trinajstić information content (AvgIpc) is 2.66. The second-order valence-electron chi connectivity index (χ2n) is 3.26. The predicted molar refractivity (Wildman–Crippen MR) is 46.9 cm³/mol. The summed E-state index contributed by atoms with van der Waals surface area (Å²) in [6.45, 7) is 1.46. The van der Waals surface area contributed by atoms with E-state index >= 15 is 0 Å². The van der Waals surface area contributed by atoms with E-state index in [9.17, 15) is 18.3 Å². The molecule has 1 rings (SSSR count). The Bertz CT molecular complexity index is 310. The lowest BCUT2D eigenvalue weighted by Gasteiger charge is -2.33. The molecule has 0 bridgehead atoms. The highest BCUT2D eigenvalue weighted by Gasteiger charge is 2.60. The van der Waals surface area contributed by atoms with Gasteiger partial charge in [-0.3, -0.25) is 0 Å². The first-order chi connectivity index (χ1) is 6.84. The molecule has 0 saturated carbocycles. The first kappa shape index (κ1) is 12.1. The minimum Gasteiger partial charge on any atom is -0.466 e. The van der Waals surface area contributed by atoms with Crippen LogP contribution in [0.5, 0.6) is 0 Å². The van der Waals surface area contributed by atoms with Gasteiger partial charge >= 0.3 is 6.18 Å². The van der Waals surface area contributed by atoms with Gasteiger partial charge in [-0.25, -0.2) is 0 Å². The maximum Gasteiger partial charge on any atom is 0.426 e. The molecule has 0 saturated heterocycles. The van der Waals surface area contributed by atoms with Gasteiger partial charge in [0.15, 0.2) is 0 Å². The van der Waals surface area contributed by atoms with E-state index in [2.05, 4.69) is 4.42 Å². The molecule has 0 amide bonds. The number of hydrogen-bond donors (Lipinski definition) is 2. The van der Waals surface area contributed by atoms with Gasteiger partial charge in [-0.1, -0.05) is 6.92 Å². The van der Waals surface area contributed by atoms with Crippen LogP contribution in [0, 0.1) is 0 Å². The second-order valence-corrected chi connectivity index (χ2v) is 3.26. The number of halogens is 3. The van der Waals surface area contributed by atoms with Crippen molar-refractivity contribution in [2.24, 2.45) is 5.73 Å². The van der Waals surface area contributed by atoms with Crippen molar-refractivity contribution in [1.82, 2.24) is 0 Å². The Morgan fingerprint density at radius 3 is 2.47 bits per heavy atom. The molecule has 0 aliphatic heterocycles. The summed E-state index contributed by atoms with van der Waals surface area (Å²) in [6, 6.07) is 0.876. The lowest BCUT2D eigenvalue weighted by Crippen LogP contribution is -2.55. The normalized spacial score (nSPS) is 18.5. The molecule has 86 valence electrons. The third kappa shape index (κ3) is 1.87. The van der Waals surface area contributed by atoms with E-state index in [4.69, 9.17) is 5.73 Å². The van der Waals surface area contributed by atoms with Crippen LogP contribution in [-0.2, 0) is 5.60 Å². The van der Waals surface area contributed by atoms with Gasteiger partial charge in [0.25, 0.3) is 0 Å². The molecule has 0 aliphatic carbocycles. The van der Waals surface area contributed by atoms with Gasteiger partial charge in [0.05, 0.1) is 6.26 Å². The van der Waals surface area contributed by atoms with E-state index < -0.39 is 23.6 Å². The first-order valence-corrected chi connectivity index (χ1v) is 4.42.